The number of allylic oxidation sites excluding steroid dienone is 1. The molecule has 3 heteroatoms. The van der Waals surface area contributed by atoms with Gasteiger partial charge in [-0.3, -0.25) is 0 Å². The molecule has 112 valence electrons. The van der Waals surface area contributed by atoms with Crippen molar-refractivity contribution in [3.8, 4) is 11.5 Å². The van der Waals surface area contributed by atoms with Crippen LogP contribution in [0.4, 0.5) is 0 Å². The first-order valence-corrected chi connectivity index (χ1v) is 7.18. The smallest absolute Gasteiger partial charge is 0.161 e. The van der Waals surface area contributed by atoms with E-state index < -0.39 is 0 Å². The molecule has 1 aromatic rings. The lowest BCUT2D eigenvalue weighted by molar-refractivity contribution is 0.355. The van der Waals surface area contributed by atoms with E-state index in [4.69, 9.17) is 9.47 Å². The number of rotatable bonds is 8. The largest absolute Gasteiger partial charge is 0.493 e. The van der Waals surface area contributed by atoms with E-state index in [0.29, 0.717) is 5.92 Å². The van der Waals surface area contributed by atoms with Gasteiger partial charge >= 0.3 is 0 Å². The predicted octanol–water partition coefficient (Wildman–Crippen LogP) is 3.74. The first kappa shape index (κ1) is 16.6. The van der Waals surface area contributed by atoms with Crippen LogP contribution in [-0.4, -0.2) is 27.3 Å². The molecular formula is C17H27NO2. The van der Waals surface area contributed by atoms with E-state index in [1.165, 1.54) is 11.1 Å². The minimum absolute atomic E-state index is 0.700. The molecular weight excluding hydrogens is 250 g/mol. The third-order valence-electron chi connectivity index (χ3n) is 3.16. The molecule has 0 aromatic heterocycles. The van der Waals surface area contributed by atoms with Crippen LogP contribution in [0.5, 0.6) is 11.5 Å². The van der Waals surface area contributed by atoms with Gasteiger partial charge in [-0.05, 0) is 55.6 Å². The fourth-order valence-corrected chi connectivity index (χ4v) is 1.98. The summed E-state index contributed by atoms with van der Waals surface area (Å²) < 4.78 is 10.6. The van der Waals surface area contributed by atoms with Crippen LogP contribution in [0.3, 0.4) is 0 Å². The van der Waals surface area contributed by atoms with E-state index in [1.807, 2.05) is 12.1 Å². The Morgan fingerprint density at radius 1 is 1.20 bits per heavy atom. The Balaban J connectivity index is 2.60. The predicted molar refractivity (Wildman–Crippen MR) is 85.5 cm³/mol. The third-order valence-corrected chi connectivity index (χ3v) is 3.16. The van der Waals surface area contributed by atoms with Crippen molar-refractivity contribution in [2.24, 2.45) is 5.92 Å². The standard InChI is InChI=1S/C17H27NO2/c1-13(2)12-18-10-6-7-14(3)15-8-9-16(19-4)17(11-15)20-5/h7-9,11,13,18H,6,10,12H2,1-5H3. The highest BCUT2D eigenvalue weighted by atomic mass is 16.5. The number of methoxy groups -OCH3 is 2. The highest BCUT2D eigenvalue weighted by Crippen LogP contribution is 2.30. The fourth-order valence-electron chi connectivity index (χ4n) is 1.98. The summed E-state index contributed by atoms with van der Waals surface area (Å²) in [6.45, 7) is 8.66. The maximum atomic E-state index is 5.33. The SMILES string of the molecule is COc1ccc(C(C)=CCCNCC(C)C)cc1OC. The van der Waals surface area contributed by atoms with E-state index in [2.05, 4.69) is 38.2 Å². The molecule has 1 N–H and O–H groups in total. The Hall–Kier alpha value is -1.48. The molecule has 0 spiro atoms. The Bertz CT molecular complexity index is 439. The van der Waals surface area contributed by atoms with Crippen molar-refractivity contribution in [3.05, 3.63) is 29.8 Å². The van der Waals surface area contributed by atoms with Crippen molar-refractivity contribution in [1.29, 1.82) is 0 Å². The lowest BCUT2D eigenvalue weighted by atomic mass is 10.1. The van der Waals surface area contributed by atoms with Gasteiger partial charge in [-0.1, -0.05) is 26.0 Å². The number of nitrogens with one attached hydrogen (secondary N) is 1. The Labute approximate surface area is 123 Å². The number of ether oxygens (including phenoxy) is 2. The zero-order valence-electron chi connectivity index (χ0n) is 13.3. The first-order chi connectivity index (χ1) is 9.58. The van der Waals surface area contributed by atoms with Crippen molar-refractivity contribution >= 4 is 5.57 Å². The summed E-state index contributed by atoms with van der Waals surface area (Å²) in [4.78, 5) is 0. The molecule has 0 heterocycles. The minimum atomic E-state index is 0.700. The Morgan fingerprint density at radius 3 is 2.50 bits per heavy atom. The number of hydrogen-bond donors (Lipinski definition) is 1. The van der Waals surface area contributed by atoms with Gasteiger partial charge in [0, 0.05) is 0 Å². The van der Waals surface area contributed by atoms with Crippen LogP contribution in [0.2, 0.25) is 0 Å². The highest BCUT2D eigenvalue weighted by molar-refractivity contribution is 5.66. The quantitative estimate of drug-likeness (QED) is 0.734. The summed E-state index contributed by atoms with van der Waals surface area (Å²) in [5.41, 5.74) is 2.43. The van der Waals surface area contributed by atoms with Gasteiger partial charge in [-0.15, -0.1) is 0 Å². The van der Waals surface area contributed by atoms with Crippen molar-refractivity contribution in [2.45, 2.75) is 27.2 Å². The molecule has 1 rings (SSSR count). The van der Waals surface area contributed by atoms with Crippen molar-refractivity contribution in [2.75, 3.05) is 27.3 Å². The van der Waals surface area contributed by atoms with Crippen LogP contribution >= 0.6 is 0 Å². The van der Waals surface area contributed by atoms with E-state index >= 15 is 0 Å². The second-order valence-electron chi connectivity index (χ2n) is 5.34. The summed E-state index contributed by atoms with van der Waals surface area (Å²) >= 11 is 0. The molecule has 0 aliphatic carbocycles. The third kappa shape index (κ3) is 5.25. The summed E-state index contributed by atoms with van der Waals surface area (Å²) in [5.74, 6) is 2.24. The molecule has 20 heavy (non-hydrogen) atoms. The van der Waals surface area contributed by atoms with Crippen molar-refractivity contribution < 1.29 is 9.47 Å². The van der Waals surface area contributed by atoms with Crippen LogP contribution < -0.4 is 14.8 Å². The molecule has 0 saturated heterocycles. The normalized spacial score (nSPS) is 11.8. The lowest BCUT2D eigenvalue weighted by Gasteiger charge is -2.10. The molecule has 0 aliphatic heterocycles. The van der Waals surface area contributed by atoms with Crippen LogP contribution in [-0.2, 0) is 0 Å². The average molecular weight is 277 g/mol. The summed E-state index contributed by atoms with van der Waals surface area (Å²) in [7, 11) is 3.32. The fraction of sp³-hybridized carbons (Fsp3) is 0.529. The monoisotopic (exact) mass is 277 g/mol. The first-order valence-electron chi connectivity index (χ1n) is 7.18. The summed E-state index contributed by atoms with van der Waals surface area (Å²) in [6, 6.07) is 6.03. The number of benzene rings is 1. The van der Waals surface area contributed by atoms with Crippen molar-refractivity contribution in [1.82, 2.24) is 5.32 Å². The summed E-state index contributed by atoms with van der Waals surface area (Å²) in [5, 5.41) is 3.44. The van der Waals surface area contributed by atoms with E-state index in [0.717, 1.165) is 31.0 Å². The van der Waals surface area contributed by atoms with Gasteiger partial charge in [0.15, 0.2) is 11.5 Å². The number of hydrogen-bond acceptors (Lipinski definition) is 3. The Kier molecular flexibility index (Phi) is 7.16. The minimum Gasteiger partial charge on any atom is -0.493 e. The molecule has 0 unspecified atom stereocenters. The Morgan fingerprint density at radius 2 is 1.90 bits per heavy atom. The molecule has 0 aliphatic rings. The second kappa shape index (κ2) is 8.64. The molecule has 0 fully saturated rings. The molecule has 0 atom stereocenters. The van der Waals surface area contributed by atoms with E-state index in [-0.39, 0.29) is 0 Å². The zero-order valence-corrected chi connectivity index (χ0v) is 13.3. The van der Waals surface area contributed by atoms with Gasteiger partial charge in [0.2, 0.25) is 0 Å². The average Bonchev–Trinajstić information content (AvgIpc) is 2.45. The van der Waals surface area contributed by atoms with Gasteiger partial charge < -0.3 is 14.8 Å². The van der Waals surface area contributed by atoms with Crippen LogP contribution in [0, 0.1) is 5.92 Å². The maximum Gasteiger partial charge on any atom is 0.161 e. The topological polar surface area (TPSA) is 30.5 Å². The zero-order chi connectivity index (χ0) is 15.0. The highest BCUT2D eigenvalue weighted by Gasteiger charge is 2.05. The van der Waals surface area contributed by atoms with Gasteiger partial charge in [0.05, 0.1) is 14.2 Å². The van der Waals surface area contributed by atoms with E-state index in [9.17, 15) is 0 Å². The molecule has 0 bridgehead atoms. The second-order valence-corrected chi connectivity index (χ2v) is 5.34. The molecule has 1 aromatic carbocycles. The molecule has 0 saturated carbocycles. The molecule has 3 nitrogen and oxygen atoms in total. The maximum absolute atomic E-state index is 5.33. The van der Waals surface area contributed by atoms with Crippen LogP contribution in [0.25, 0.3) is 5.57 Å². The molecule has 0 amide bonds. The summed E-state index contributed by atoms with van der Waals surface area (Å²) in [6.07, 6.45) is 3.29. The van der Waals surface area contributed by atoms with Gasteiger partial charge in [-0.2, -0.15) is 0 Å². The van der Waals surface area contributed by atoms with Crippen molar-refractivity contribution in [3.63, 3.8) is 0 Å². The van der Waals surface area contributed by atoms with Gasteiger partial charge in [-0.25, -0.2) is 0 Å². The van der Waals surface area contributed by atoms with Crippen LogP contribution in [0.1, 0.15) is 32.8 Å². The van der Waals surface area contributed by atoms with Crippen LogP contribution in [0.15, 0.2) is 24.3 Å². The van der Waals surface area contributed by atoms with Gasteiger partial charge in [0.25, 0.3) is 0 Å². The lowest BCUT2D eigenvalue weighted by Crippen LogP contribution is -2.20. The molecule has 0 radical (unpaired) electrons. The van der Waals surface area contributed by atoms with Gasteiger partial charge in [0.1, 0.15) is 0 Å². The van der Waals surface area contributed by atoms with E-state index in [1.54, 1.807) is 14.2 Å².